The Bertz CT molecular complexity index is 548. The van der Waals surface area contributed by atoms with Crippen molar-refractivity contribution < 1.29 is 14.5 Å². The van der Waals surface area contributed by atoms with Gasteiger partial charge in [-0.1, -0.05) is 29.8 Å². The van der Waals surface area contributed by atoms with Crippen LogP contribution in [0.5, 0.6) is 0 Å². The molecular weight excluding hydrogens is 302 g/mol. The van der Waals surface area contributed by atoms with Gasteiger partial charge in [0.05, 0.1) is 27.2 Å². The second-order valence-electron chi connectivity index (χ2n) is 5.92. The highest BCUT2D eigenvalue weighted by atomic mass is 35.5. The van der Waals surface area contributed by atoms with Gasteiger partial charge in [-0.2, -0.15) is 0 Å². The number of quaternary nitrogens is 1. The molecule has 0 spiro atoms. The van der Waals surface area contributed by atoms with Crippen LogP contribution in [0.3, 0.4) is 0 Å². The highest BCUT2D eigenvalue weighted by Crippen LogP contribution is 2.24. The first kappa shape index (κ1) is 16.8. The van der Waals surface area contributed by atoms with Crippen LogP contribution in [0.2, 0.25) is 5.02 Å². The summed E-state index contributed by atoms with van der Waals surface area (Å²) in [5.41, 5.74) is 0.870. The zero-order valence-corrected chi connectivity index (χ0v) is 13.8. The fraction of sp³-hybridized carbons (Fsp3) is 0.500. The van der Waals surface area contributed by atoms with Crippen LogP contribution in [0.15, 0.2) is 24.3 Å². The molecule has 5 nitrogen and oxygen atoms in total. The van der Waals surface area contributed by atoms with Crippen molar-refractivity contribution >= 4 is 23.4 Å². The number of nitrogens with zero attached hydrogens (tertiary/aromatic N) is 1. The largest absolute Gasteiger partial charge is 0.349 e. The van der Waals surface area contributed by atoms with E-state index in [1.807, 2.05) is 32.3 Å². The van der Waals surface area contributed by atoms with Crippen LogP contribution in [-0.2, 0) is 16.1 Å². The summed E-state index contributed by atoms with van der Waals surface area (Å²) in [4.78, 5) is 27.3. The minimum atomic E-state index is -0.388. The molecule has 1 aliphatic heterocycles. The molecule has 22 heavy (non-hydrogen) atoms. The molecule has 120 valence electrons. The van der Waals surface area contributed by atoms with Gasteiger partial charge in [-0.15, -0.1) is 0 Å². The topological polar surface area (TPSA) is 53.9 Å². The molecule has 0 radical (unpaired) electrons. The minimum Gasteiger partial charge on any atom is -0.349 e. The maximum atomic E-state index is 12.3. The molecule has 1 heterocycles. The lowest BCUT2D eigenvalue weighted by atomic mass is 10.1. The molecule has 1 atom stereocenters. The van der Waals surface area contributed by atoms with Crippen LogP contribution < -0.4 is 10.2 Å². The predicted molar refractivity (Wildman–Crippen MR) is 85.7 cm³/mol. The lowest BCUT2D eigenvalue weighted by Gasteiger charge is -2.24. The lowest BCUT2D eigenvalue weighted by Crippen LogP contribution is -3.06. The van der Waals surface area contributed by atoms with Gasteiger partial charge in [-0.25, -0.2) is 0 Å². The Kier molecular flexibility index (Phi) is 5.80. The number of rotatable bonds is 6. The van der Waals surface area contributed by atoms with Crippen molar-refractivity contribution in [1.29, 1.82) is 0 Å². The molecule has 0 aliphatic carbocycles. The van der Waals surface area contributed by atoms with E-state index < -0.39 is 0 Å². The Hall–Kier alpha value is -1.59. The Morgan fingerprint density at radius 3 is 2.82 bits per heavy atom. The molecule has 6 heteroatoms. The third kappa shape index (κ3) is 4.21. The smallest absolute Gasteiger partial charge is 0.243 e. The van der Waals surface area contributed by atoms with E-state index in [0.717, 1.165) is 12.1 Å². The maximum Gasteiger partial charge on any atom is 0.243 e. The number of amides is 2. The summed E-state index contributed by atoms with van der Waals surface area (Å²) in [5.74, 6) is -0.0579. The molecule has 2 rings (SSSR count). The van der Waals surface area contributed by atoms with E-state index in [9.17, 15) is 9.59 Å². The number of carbonyl (C=O) groups is 2. The normalized spacial score (nSPS) is 18.1. The molecule has 1 aliphatic rings. The fourth-order valence-corrected chi connectivity index (χ4v) is 2.76. The molecule has 0 saturated carbocycles. The summed E-state index contributed by atoms with van der Waals surface area (Å²) in [6.45, 7) is 1.86. The molecule has 0 bridgehead atoms. The number of benzene rings is 1. The van der Waals surface area contributed by atoms with Crippen LogP contribution in [0, 0.1) is 0 Å². The first-order valence-corrected chi connectivity index (χ1v) is 7.96. The second kappa shape index (κ2) is 7.61. The van der Waals surface area contributed by atoms with Gasteiger partial charge in [-0.05, 0) is 18.1 Å². The molecule has 1 aromatic rings. The van der Waals surface area contributed by atoms with E-state index in [2.05, 4.69) is 5.32 Å². The van der Waals surface area contributed by atoms with Gasteiger partial charge >= 0.3 is 0 Å². The van der Waals surface area contributed by atoms with Gasteiger partial charge in [0.1, 0.15) is 6.04 Å². The zero-order chi connectivity index (χ0) is 16.1. The van der Waals surface area contributed by atoms with E-state index in [1.165, 1.54) is 4.90 Å². The van der Waals surface area contributed by atoms with Gasteiger partial charge in [0.25, 0.3) is 0 Å². The Morgan fingerprint density at radius 2 is 2.14 bits per heavy atom. The third-order valence-corrected chi connectivity index (χ3v) is 4.22. The predicted octanol–water partition coefficient (Wildman–Crippen LogP) is 0.0917. The summed E-state index contributed by atoms with van der Waals surface area (Å²) < 4.78 is 0. The monoisotopic (exact) mass is 324 g/mol. The van der Waals surface area contributed by atoms with Crippen molar-refractivity contribution in [2.45, 2.75) is 25.4 Å². The van der Waals surface area contributed by atoms with Crippen molar-refractivity contribution in [1.82, 2.24) is 10.2 Å². The van der Waals surface area contributed by atoms with Crippen molar-refractivity contribution in [3.63, 3.8) is 0 Å². The number of hydrogen-bond donors (Lipinski definition) is 2. The Morgan fingerprint density at radius 1 is 1.41 bits per heavy atom. The van der Waals surface area contributed by atoms with E-state index in [0.29, 0.717) is 31.0 Å². The number of likely N-dealkylation sites (tertiary alicyclic amines) is 1. The number of halogens is 1. The van der Waals surface area contributed by atoms with Crippen molar-refractivity contribution in [3.05, 3.63) is 34.9 Å². The maximum absolute atomic E-state index is 12.3. The first-order valence-electron chi connectivity index (χ1n) is 7.58. The van der Waals surface area contributed by atoms with Crippen LogP contribution in [0.4, 0.5) is 0 Å². The Labute approximate surface area is 136 Å². The highest BCUT2D eigenvalue weighted by molar-refractivity contribution is 6.31. The summed E-state index contributed by atoms with van der Waals surface area (Å²) in [5, 5.41) is 3.54. The lowest BCUT2D eigenvalue weighted by molar-refractivity contribution is -0.856. The van der Waals surface area contributed by atoms with Gasteiger partial charge in [0, 0.05) is 18.0 Å². The average molecular weight is 325 g/mol. The molecule has 1 unspecified atom stereocenters. The van der Waals surface area contributed by atoms with Crippen molar-refractivity contribution in [2.75, 3.05) is 27.2 Å². The number of nitrogens with one attached hydrogen (secondary N) is 2. The minimum absolute atomic E-state index is 0.0123. The summed E-state index contributed by atoms with van der Waals surface area (Å²) in [6.07, 6.45) is 0.991. The fourth-order valence-electron chi connectivity index (χ4n) is 2.57. The number of hydrogen-bond acceptors (Lipinski definition) is 2. The molecule has 1 aromatic carbocycles. The summed E-state index contributed by atoms with van der Waals surface area (Å²) >= 11 is 6.15. The van der Waals surface area contributed by atoms with Crippen LogP contribution in [0.1, 0.15) is 18.4 Å². The summed E-state index contributed by atoms with van der Waals surface area (Å²) in [7, 11) is 4.07. The zero-order valence-electron chi connectivity index (χ0n) is 13.1. The average Bonchev–Trinajstić information content (AvgIpc) is 2.82. The first-order chi connectivity index (χ1) is 10.5. The molecule has 1 fully saturated rings. The van der Waals surface area contributed by atoms with Crippen molar-refractivity contribution in [3.8, 4) is 0 Å². The molecule has 0 aromatic heterocycles. The quantitative estimate of drug-likeness (QED) is 0.779. The van der Waals surface area contributed by atoms with E-state index in [4.69, 9.17) is 11.6 Å². The number of likely N-dealkylation sites (N-methyl/N-ethyl adjacent to an activating group) is 1. The van der Waals surface area contributed by atoms with E-state index >= 15 is 0 Å². The second-order valence-corrected chi connectivity index (χ2v) is 6.32. The van der Waals surface area contributed by atoms with Gasteiger partial charge in [0.15, 0.2) is 0 Å². The third-order valence-electron chi connectivity index (χ3n) is 3.85. The van der Waals surface area contributed by atoms with Crippen LogP contribution in [-0.4, -0.2) is 49.9 Å². The van der Waals surface area contributed by atoms with Crippen molar-refractivity contribution in [2.24, 2.45) is 0 Å². The van der Waals surface area contributed by atoms with E-state index in [1.54, 1.807) is 11.0 Å². The molecule has 2 N–H and O–H groups in total. The Balaban J connectivity index is 2.00. The highest BCUT2D eigenvalue weighted by Gasteiger charge is 2.36. The van der Waals surface area contributed by atoms with Crippen LogP contribution >= 0.6 is 11.6 Å². The SMILES string of the molecule is C[NH+](C)CCNC(=O)C1CCC(=O)N1Cc1ccccc1Cl. The molecular formula is C16H23ClN3O2+. The van der Waals surface area contributed by atoms with E-state index in [-0.39, 0.29) is 17.9 Å². The molecule has 1 saturated heterocycles. The van der Waals surface area contributed by atoms with Crippen LogP contribution in [0.25, 0.3) is 0 Å². The van der Waals surface area contributed by atoms with Gasteiger partial charge < -0.3 is 15.1 Å². The summed E-state index contributed by atoms with van der Waals surface area (Å²) in [6, 6.07) is 7.04. The standard InChI is InChI=1S/C16H22ClN3O2/c1-19(2)10-9-18-16(22)14-7-8-15(21)20(14)11-12-5-3-4-6-13(12)17/h3-6,14H,7-11H2,1-2H3,(H,18,22)/p+1. The number of carbonyl (C=O) groups excluding carboxylic acids is 2. The van der Waals surface area contributed by atoms with Gasteiger partial charge in [-0.3, -0.25) is 9.59 Å². The molecule has 2 amide bonds. The van der Waals surface area contributed by atoms with Gasteiger partial charge in [0.2, 0.25) is 11.8 Å².